The van der Waals surface area contributed by atoms with E-state index in [1.165, 1.54) is 19.3 Å². The SMILES string of the molecule is NC(=O)c1cccc(OCCCCCCCCCO)c1. The molecule has 0 aliphatic carbocycles. The van der Waals surface area contributed by atoms with E-state index in [1.54, 1.807) is 18.2 Å². The van der Waals surface area contributed by atoms with Gasteiger partial charge in [0.25, 0.3) is 0 Å². The van der Waals surface area contributed by atoms with Crippen LogP contribution in [0.15, 0.2) is 24.3 Å². The molecule has 0 saturated carbocycles. The van der Waals surface area contributed by atoms with E-state index >= 15 is 0 Å². The molecule has 1 rings (SSSR count). The minimum absolute atomic E-state index is 0.304. The first-order chi connectivity index (χ1) is 9.74. The number of carbonyl (C=O) groups excluding carboxylic acids is 1. The number of ether oxygens (including phenoxy) is 1. The Hall–Kier alpha value is -1.55. The normalized spacial score (nSPS) is 10.4. The lowest BCUT2D eigenvalue weighted by atomic mass is 10.1. The van der Waals surface area contributed by atoms with Gasteiger partial charge in [0.15, 0.2) is 0 Å². The highest BCUT2D eigenvalue weighted by molar-refractivity contribution is 5.93. The summed E-state index contributed by atoms with van der Waals surface area (Å²) in [6.07, 6.45) is 7.82. The number of aliphatic hydroxyl groups is 1. The minimum atomic E-state index is -0.432. The van der Waals surface area contributed by atoms with Crippen LogP contribution < -0.4 is 10.5 Å². The van der Waals surface area contributed by atoms with Crippen LogP contribution in [0.2, 0.25) is 0 Å². The van der Waals surface area contributed by atoms with Crippen LogP contribution in [0.1, 0.15) is 55.3 Å². The summed E-state index contributed by atoms with van der Waals surface area (Å²) < 4.78 is 5.60. The zero-order valence-corrected chi connectivity index (χ0v) is 12.0. The number of hydrogen-bond acceptors (Lipinski definition) is 3. The number of amides is 1. The standard InChI is InChI=1S/C16H25NO3/c17-16(19)14-9-8-10-15(13-14)20-12-7-5-3-1-2-4-6-11-18/h8-10,13,18H,1-7,11-12H2,(H2,17,19). The average molecular weight is 279 g/mol. The number of carbonyl (C=O) groups is 1. The van der Waals surface area contributed by atoms with Crippen LogP contribution >= 0.6 is 0 Å². The van der Waals surface area contributed by atoms with Gasteiger partial charge in [0.1, 0.15) is 5.75 Å². The largest absolute Gasteiger partial charge is 0.494 e. The van der Waals surface area contributed by atoms with E-state index in [-0.39, 0.29) is 0 Å². The molecule has 1 aromatic rings. The van der Waals surface area contributed by atoms with Gasteiger partial charge in [-0.2, -0.15) is 0 Å². The monoisotopic (exact) mass is 279 g/mol. The van der Waals surface area contributed by atoms with Crippen molar-refractivity contribution in [2.45, 2.75) is 44.9 Å². The number of aliphatic hydroxyl groups excluding tert-OH is 1. The highest BCUT2D eigenvalue weighted by Crippen LogP contribution is 2.14. The molecule has 0 atom stereocenters. The predicted octanol–water partition coefficient (Wildman–Crippen LogP) is 2.89. The summed E-state index contributed by atoms with van der Waals surface area (Å²) in [7, 11) is 0. The Labute approximate surface area is 120 Å². The Balaban J connectivity index is 2.06. The van der Waals surface area contributed by atoms with E-state index in [2.05, 4.69) is 0 Å². The van der Waals surface area contributed by atoms with Gasteiger partial charge in [-0.05, 0) is 31.0 Å². The molecule has 4 heteroatoms. The molecule has 3 N–H and O–H groups in total. The molecule has 0 aromatic heterocycles. The molecule has 0 heterocycles. The maximum absolute atomic E-state index is 11.0. The number of benzene rings is 1. The molecule has 0 saturated heterocycles. The first kappa shape index (κ1) is 16.5. The second-order valence-electron chi connectivity index (χ2n) is 4.94. The van der Waals surface area contributed by atoms with Crippen molar-refractivity contribution in [3.05, 3.63) is 29.8 Å². The number of unbranched alkanes of at least 4 members (excludes halogenated alkanes) is 6. The number of hydrogen-bond donors (Lipinski definition) is 2. The smallest absolute Gasteiger partial charge is 0.248 e. The molecule has 112 valence electrons. The summed E-state index contributed by atoms with van der Waals surface area (Å²) in [5.74, 6) is 0.266. The van der Waals surface area contributed by atoms with Crippen LogP contribution in [0.3, 0.4) is 0 Å². The van der Waals surface area contributed by atoms with Gasteiger partial charge in [-0.3, -0.25) is 4.79 Å². The summed E-state index contributed by atoms with van der Waals surface area (Å²) in [6, 6.07) is 6.97. The van der Waals surface area contributed by atoms with Crippen LogP contribution in [-0.2, 0) is 0 Å². The van der Waals surface area contributed by atoms with E-state index in [4.69, 9.17) is 15.6 Å². The van der Waals surface area contributed by atoms with Crippen LogP contribution in [0.4, 0.5) is 0 Å². The predicted molar refractivity (Wildman–Crippen MR) is 79.9 cm³/mol. The van der Waals surface area contributed by atoms with Crippen molar-refractivity contribution < 1.29 is 14.6 Å². The van der Waals surface area contributed by atoms with Gasteiger partial charge in [0, 0.05) is 12.2 Å². The third-order valence-corrected chi connectivity index (χ3v) is 3.19. The Bertz CT molecular complexity index is 393. The lowest BCUT2D eigenvalue weighted by Gasteiger charge is -2.07. The summed E-state index contributed by atoms with van der Waals surface area (Å²) in [4.78, 5) is 11.0. The maximum Gasteiger partial charge on any atom is 0.248 e. The molecule has 1 amide bonds. The van der Waals surface area contributed by atoms with Crippen molar-refractivity contribution in [1.29, 1.82) is 0 Å². The van der Waals surface area contributed by atoms with Gasteiger partial charge in [-0.25, -0.2) is 0 Å². The van der Waals surface area contributed by atoms with Crippen LogP contribution in [0.5, 0.6) is 5.75 Å². The third kappa shape index (κ3) is 7.14. The van der Waals surface area contributed by atoms with Gasteiger partial charge in [0.05, 0.1) is 6.61 Å². The van der Waals surface area contributed by atoms with E-state index in [0.717, 1.165) is 25.7 Å². The van der Waals surface area contributed by atoms with Gasteiger partial charge in [-0.15, -0.1) is 0 Å². The van der Waals surface area contributed by atoms with E-state index in [0.29, 0.717) is 24.5 Å². The topological polar surface area (TPSA) is 72.6 Å². The van der Waals surface area contributed by atoms with Crippen LogP contribution in [0, 0.1) is 0 Å². The molecule has 1 aromatic carbocycles. The quantitative estimate of drug-likeness (QED) is 0.612. The van der Waals surface area contributed by atoms with Crippen molar-refractivity contribution >= 4 is 5.91 Å². The lowest BCUT2D eigenvalue weighted by molar-refractivity contribution is 0.1000. The van der Waals surface area contributed by atoms with Crippen molar-refractivity contribution in [1.82, 2.24) is 0 Å². The third-order valence-electron chi connectivity index (χ3n) is 3.19. The first-order valence-corrected chi connectivity index (χ1v) is 7.37. The van der Waals surface area contributed by atoms with Gasteiger partial charge >= 0.3 is 0 Å². The van der Waals surface area contributed by atoms with Gasteiger partial charge < -0.3 is 15.6 Å². The number of nitrogens with two attached hydrogens (primary N) is 1. The molecule has 20 heavy (non-hydrogen) atoms. The Morgan fingerprint density at radius 1 is 1.05 bits per heavy atom. The Kier molecular flexibility index (Phi) is 8.47. The van der Waals surface area contributed by atoms with Crippen molar-refractivity contribution in [2.24, 2.45) is 5.73 Å². The Morgan fingerprint density at radius 3 is 2.35 bits per heavy atom. The molecule has 0 bridgehead atoms. The van der Waals surface area contributed by atoms with Crippen molar-refractivity contribution in [3.63, 3.8) is 0 Å². The van der Waals surface area contributed by atoms with Crippen molar-refractivity contribution in [3.8, 4) is 5.75 Å². The summed E-state index contributed by atoms with van der Waals surface area (Å²) in [5, 5.41) is 8.66. The molecule has 4 nitrogen and oxygen atoms in total. The lowest BCUT2D eigenvalue weighted by Crippen LogP contribution is -2.10. The zero-order valence-electron chi connectivity index (χ0n) is 12.0. The molecular formula is C16H25NO3. The fourth-order valence-electron chi connectivity index (χ4n) is 2.03. The average Bonchev–Trinajstić information content (AvgIpc) is 2.46. The molecule has 0 radical (unpaired) electrons. The molecule has 0 fully saturated rings. The number of primary amides is 1. The summed E-state index contributed by atoms with van der Waals surface area (Å²) >= 11 is 0. The maximum atomic E-state index is 11.0. The molecule has 0 spiro atoms. The van der Waals surface area contributed by atoms with E-state index in [9.17, 15) is 4.79 Å². The summed E-state index contributed by atoms with van der Waals surface area (Å²) in [6.45, 7) is 0.969. The number of rotatable bonds is 11. The second-order valence-corrected chi connectivity index (χ2v) is 4.94. The molecule has 0 aliphatic heterocycles. The summed E-state index contributed by atoms with van der Waals surface area (Å²) in [5.41, 5.74) is 5.69. The highest BCUT2D eigenvalue weighted by atomic mass is 16.5. The van der Waals surface area contributed by atoms with Crippen LogP contribution in [-0.4, -0.2) is 24.2 Å². The fourth-order valence-corrected chi connectivity index (χ4v) is 2.03. The van der Waals surface area contributed by atoms with Crippen molar-refractivity contribution in [2.75, 3.05) is 13.2 Å². The first-order valence-electron chi connectivity index (χ1n) is 7.37. The zero-order chi connectivity index (χ0) is 14.6. The fraction of sp³-hybridized carbons (Fsp3) is 0.562. The second kappa shape index (κ2) is 10.3. The van der Waals surface area contributed by atoms with Gasteiger partial charge in [0.2, 0.25) is 5.91 Å². The minimum Gasteiger partial charge on any atom is -0.494 e. The Morgan fingerprint density at radius 2 is 1.70 bits per heavy atom. The highest BCUT2D eigenvalue weighted by Gasteiger charge is 2.01. The van der Waals surface area contributed by atoms with Crippen LogP contribution in [0.25, 0.3) is 0 Å². The molecule has 0 aliphatic rings. The molecular weight excluding hydrogens is 254 g/mol. The van der Waals surface area contributed by atoms with E-state index < -0.39 is 5.91 Å². The molecule has 0 unspecified atom stereocenters. The van der Waals surface area contributed by atoms with Gasteiger partial charge in [-0.1, -0.05) is 38.2 Å². The van der Waals surface area contributed by atoms with E-state index in [1.807, 2.05) is 6.07 Å².